The van der Waals surface area contributed by atoms with Gasteiger partial charge in [-0.05, 0) is 5.41 Å². The summed E-state index contributed by atoms with van der Waals surface area (Å²) in [6.45, 7) is 3.53. The van der Waals surface area contributed by atoms with Gasteiger partial charge in [-0.1, -0.05) is 19.0 Å². The number of nitrogens with one attached hydrogen (secondary N) is 1. The Morgan fingerprint density at radius 2 is 2.19 bits per heavy atom. The van der Waals surface area contributed by atoms with E-state index in [2.05, 4.69) is 15.0 Å². The number of amides is 1. The van der Waals surface area contributed by atoms with Crippen LogP contribution in [0.1, 0.15) is 13.8 Å². The van der Waals surface area contributed by atoms with Gasteiger partial charge in [-0.2, -0.15) is 0 Å². The van der Waals surface area contributed by atoms with Gasteiger partial charge in [0.05, 0.1) is 11.8 Å². The van der Waals surface area contributed by atoms with Gasteiger partial charge >= 0.3 is 5.97 Å². The maximum atomic E-state index is 11.7. The van der Waals surface area contributed by atoms with E-state index < -0.39 is 23.2 Å². The molecule has 2 atom stereocenters. The minimum Gasteiger partial charge on any atom is -0.481 e. The van der Waals surface area contributed by atoms with Crippen LogP contribution in [0.25, 0.3) is 0 Å². The number of hydrogen-bond acceptors (Lipinski definition) is 4. The summed E-state index contributed by atoms with van der Waals surface area (Å²) in [6.07, 6.45) is 1.34. The van der Waals surface area contributed by atoms with Crippen molar-refractivity contribution in [1.82, 2.24) is 5.16 Å². The SMILES string of the molecule is CC1(C)[C@H](C(=O)O)[C@@H]1C(=O)Nc1ccon1. The van der Waals surface area contributed by atoms with Gasteiger partial charge in [0.1, 0.15) is 6.26 Å². The number of rotatable bonds is 3. The monoisotopic (exact) mass is 224 g/mol. The van der Waals surface area contributed by atoms with Crippen molar-refractivity contribution in [1.29, 1.82) is 0 Å². The molecule has 0 aliphatic heterocycles. The molecular formula is C10H12N2O4. The molecule has 86 valence electrons. The zero-order valence-electron chi connectivity index (χ0n) is 8.93. The van der Waals surface area contributed by atoms with Crippen LogP contribution in [0.15, 0.2) is 16.9 Å². The zero-order chi connectivity index (χ0) is 11.9. The minimum atomic E-state index is -0.940. The first-order valence-corrected chi connectivity index (χ1v) is 4.88. The molecule has 6 nitrogen and oxygen atoms in total. The molecule has 16 heavy (non-hydrogen) atoms. The molecule has 2 N–H and O–H groups in total. The largest absolute Gasteiger partial charge is 0.481 e. The Bertz CT molecular complexity index is 424. The standard InChI is InChI=1S/C10H12N2O4/c1-10(2)6(7(10)9(14)15)8(13)11-5-3-4-16-12-5/h3-4,6-7H,1-2H3,(H,14,15)(H,11,12,13)/t6-,7+/m1/s1. The third-order valence-electron chi connectivity index (χ3n) is 3.06. The van der Waals surface area contributed by atoms with E-state index >= 15 is 0 Å². The number of hydrogen-bond donors (Lipinski definition) is 2. The van der Waals surface area contributed by atoms with Gasteiger partial charge in [-0.25, -0.2) is 0 Å². The van der Waals surface area contributed by atoms with Crippen molar-refractivity contribution in [3.05, 3.63) is 12.3 Å². The molecule has 1 amide bonds. The van der Waals surface area contributed by atoms with Crippen molar-refractivity contribution in [2.75, 3.05) is 5.32 Å². The number of carboxylic acid groups (broad SMARTS) is 1. The van der Waals surface area contributed by atoms with Crippen LogP contribution in [0, 0.1) is 17.3 Å². The highest BCUT2D eigenvalue weighted by Crippen LogP contribution is 2.58. The topological polar surface area (TPSA) is 92.4 Å². The van der Waals surface area contributed by atoms with Gasteiger partial charge in [-0.3, -0.25) is 9.59 Å². The normalized spacial score (nSPS) is 26.1. The molecule has 6 heteroatoms. The summed E-state index contributed by atoms with van der Waals surface area (Å²) in [5.74, 6) is -2.10. The van der Waals surface area contributed by atoms with Crippen molar-refractivity contribution < 1.29 is 19.2 Å². The number of carbonyl (C=O) groups is 2. The van der Waals surface area contributed by atoms with Crippen molar-refractivity contribution in [3.63, 3.8) is 0 Å². The molecule has 2 rings (SSSR count). The summed E-state index contributed by atoms with van der Waals surface area (Å²) in [5, 5.41) is 15.0. The molecule has 0 spiro atoms. The number of nitrogens with zero attached hydrogens (tertiary/aromatic N) is 1. The van der Waals surface area contributed by atoms with Crippen LogP contribution < -0.4 is 5.32 Å². The maximum absolute atomic E-state index is 11.7. The Balaban J connectivity index is 2.05. The van der Waals surface area contributed by atoms with Gasteiger partial charge in [0.25, 0.3) is 0 Å². The Kier molecular flexibility index (Phi) is 2.22. The van der Waals surface area contributed by atoms with Crippen LogP contribution in [0.4, 0.5) is 5.82 Å². The van der Waals surface area contributed by atoms with Gasteiger partial charge in [0, 0.05) is 6.07 Å². The van der Waals surface area contributed by atoms with E-state index in [1.54, 1.807) is 13.8 Å². The highest BCUT2D eigenvalue weighted by molar-refractivity contribution is 5.99. The fourth-order valence-electron chi connectivity index (χ4n) is 2.07. The lowest BCUT2D eigenvalue weighted by molar-refractivity contribution is -0.140. The van der Waals surface area contributed by atoms with Crippen LogP contribution in [0.3, 0.4) is 0 Å². The fraction of sp³-hybridized carbons (Fsp3) is 0.500. The Morgan fingerprint density at radius 3 is 2.62 bits per heavy atom. The first-order valence-electron chi connectivity index (χ1n) is 4.88. The number of anilines is 1. The summed E-state index contributed by atoms with van der Waals surface area (Å²) in [4.78, 5) is 22.6. The van der Waals surface area contributed by atoms with Gasteiger partial charge < -0.3 is 14.9 Å². The molecule has 0 radical (unpaired) electrons. The van der Waals surface area contributed by atoms with Gasteiger partial charge in [0.2, 0.25) is 5.91 Å². The third-order valence-corrected chi connectivity index (χ3v) is 3.06. The summed E-state index contributed by atoms with van der Waals surface area (Å²) in [6, 6.07) is 1.50. The van der Waals surface area contributed by atoms with Crippen molar-refractivity contribution in [3.8, 4) is 0 Å². The number of carbonyl (C=O) groups excluding carboxylic acids is 1. The van der Waals surface area contributed by atoms with E-state index in [0.717, 1.165) is 0 Å². The Morgan fingerprint density at radius 1 is 1.50 bits per heavy atom. The van der Waals surface area contributed by atoms with Gasteiger partial charge in [-0.15, -0.1) is 0 Å². The molecular weight excluding hydrogens is 212 g/mol. The maximum Gasteiger partial charge on any atom is 0.307 e. The van der Waals surface area contributed by atoms with E-state index in [0.29, 0.717) is 5.82 Å². The van der Waals surface area contributed by atoms with E-state index in [1.807, 2.05) is 0 Å². The molecule has 1 aliphatic rings. The van der Waals surface area contributed by atoms with Crippen LogP contribution in [0.2, 0.25) is 0 Å². The van der Waals surface area contributed by atoms with E-state index in [1.165, 1.54) is 12.3 Å². The molecule has 0 aromatic carbocycles. The van der Waals surface area contributed by atoms with Crippen LogP contribution >= 0.6 is 0 Å². The molecule has 0 saturated heterocycles. The first-order chi connectivity index (χ1) is 7.44. The lowest BCUT2D eigenvalue weighted by Crippen LogP contribution is -2.17. The first kappa shape index (κ1) is 10.7. The molecule has 0 unspecified atom stereocenters. The predicted octanol–water partition coefficient (Wildman–Crippen LogP) is 0.970. The second kappa shape index (κ2) is 3.33. The third kappa shape index (κ3) is 1.56. The molecule has 0 bridgehead atoms. The van der Waals surface area contributed by atoms with Gasteiger partial charge in [0.15, 0.2) is 5.82 Å². The highest BCUT2D eigenvalue weighted by Gasteiger charge is 2.65. The average molecular weight is 224 g/mol. The molecule has 1 fully saturated rings. The zero-order valence-corrected chi connectivity index (χ0v) is 8.93. The number of aromatic nitrogens is 1. The highest BCUT2D eigenvalue weighted by atomic mass is 16.5. The van der Waals surface area contributed by atoms with Crippen molar-refractivity contribution in [2.24, 2.45) is 17.3 Å². The lowest BCUT2D eigenvalue weighted by atomic mass is 10.1. The minimum absolute atomic E-state index is 0.303. The van der Waals surface area contributed by atoms with E-state index in [9.17, 15) is 9.59 Å². The van der Waals surface area contributed by atoms with Crippen molar-refractivity contribution in [2.45, 2.75) is 13.8 Å². The van der Waals surface area contributed by atoms with Crippen LogP contribution in [-0.4, -0.2) is 22.1 Å². The summed E-state index contributed by atoms with van der Waals surface area (Å²) in [5.41, 5.74) is -0.500. The van der Waals surface area contributed by atoms with Crippen molar-refractivity contribution >= 4 is 17.7 Å². The Hall–Kier alpha value is -1.85. The second-order valence-corrected chi connectivity index (χ2v) is 4.49. The van der Waals surface area contributed by atoms with Crippen LogP contribution in [-0.2, 0) is 9.59 Å². The number of carboxylic acids is 1. The molecule has 1 heterocycles. The van der Waals surface area contributed by atoms with E-state index in [4.69, 9.17) is 5.11 Å². The summed E-state index contributed by atoms with van der Waals surface area (Å²) in [7, 11) is 0. The quantitative estimate of drug-likeness (QED) is 0.798. The smallest absolute Gasteiger partial charge is 0.307 e. The molecule has 1 aliphatic carbocycles. The summed E-state index contributed by atoms with van der Waals surface area (Å²) >= 11 is 0. The Labute approximate surface area is 91.6 Å². The fourth-order valence-corrected chi connectivity index (χ4v) is 2.07. The predicted molar refractivity (Wildman–Crippen MR) is 53.5 cm³/mol. The average Bonchev–Trinajstić information content (AvgIpc) is 2.58. The van der Waals surface area contributed by atoms with E-state index in [-0.39, 0.29) is 5.91 Å². The molecule has 1 saturated carbocycles. The number of aliphatic carboxylic acids is 1. The lowest BCUT2D eigenvalue weighted by Gasteiger charge is -2.01. The molecule has 1 aromatic heterocycles. The second-order valence-electron chi connectivity index (χ2n) is 4.49. The summed E-state index contributed by atoms with van der Waals surface area (Å²) < 4.78 is 4.56. The molecule has 1 aromatic rings. The van der Waals surface area contributed by atoms with Crippen LogP contribution in [0.5, 0.6) is 0 Å².